The Balaban J connectivity index is 1.49. The number of benzene rings is 2. The van der Waals surface area contributed by atoms with Crippen LogP contribution >= 0.6 is 0 Å². The predicted octanol–water partition coefficient (Wildman–Crippen LogP) is 4.35. The lowest BCUT2D eigenvalue weighted by Crippen LogP contribution is -2.22. The van der Waals surface area contributed by atoms with Gasteiger partial charge in [-0.3, -0.25) is 9.78 Å². The van der Waals surface area contributed by atoms with E-state index in [4.69, 9.17) is 10.1 Å². The Morgan fingerprint density at radius 1 is 1.06 bits per heavy atom. The first-order valence-corrected chi connectivity index (χ1v) is 12.0. The summed E-state index contributed by atoms with van der Waals surface area (Å²) in [6.07, 6.45) is 4.13. The molecule has 178 valence electrons. The van der Waals surface area contributed by atoms with Gasteiger partial charge in [0.05, 0.1) is 17.3 Å². The Kier molecular flexibility index (Phi) is 6.42. The highest BCUT2D eigenvalue weighted by Gasteiger charge is 2.25. The molecule has 7 nitrogen and oxygen atoms in total. The molecule has 3 aromatic heterocycles. The van der Waals surface area contributed by atoms with Crippen molar-refractivity contribution in [2.75, 3.05) is 0 Å². The SMILES string of the molecule is Cc1nc(C(CCCc2ccccc2)C(C)O)n2nc(Cc3cccc4cccnc34)[nH]c(=O)c12. The highest BCUT2D eigenvalue weighted by Crippen LogP contribution is 2.26. The van der Waals surface area contributed by atoms with E-state index in [1.807, 2.05) is 55.5 Å². The Morgan fingerprint density at radius 2 is 1.86 bits per heavy atom. The summed E-state index contributed by atoms with van der Waals surface area (Å²) in [4.78, 5) is 25.2. The monoisotopic (exact) mass is 467 g/mol. The largest absolute Gasteiger partial charge is 0.393 e. The molecule has 0 bridgehead atoms. The quantitative estimate of drug-likeness (QED) is 0.354. The summed E-state index contributed by atoms with van der Waals surface area (Å²) in [5.41, 5.74) is 3.95. The first kappa shape index (κ1) is 22.9. The summed E-state index contributed by atoms with van der Waals surface area (Å²) in [6, 6.07) is 20.2. The van der Waals surface area contributed by atoms with Gasteiger partial charge in [-0.1, -0.05) is 54.6 Å². The highest BCUT2D eigenvalue weighted by molar-refractivity contribution is 5.81. The van der Waals surface area contributed by atoms with Gasteiger partial charge in [0.1, 0.15) is 11.6 Å². The molecule has 0 amide bonds. The number of aryl methyl sites for hydroxylation is 2. The number of rotatable bonds is 8. The molecule has 2 N–H and O–H groups in total. The number of fused-ring (bicyclic) bond motifs is 2. The number of hydrogen-bond donors (Lipinski definition) is 2. The number of imidazole rings is 1. The summed E-state index contributed by atoms with van der Waals surface area (Å²) in [5, 5.41) is 16.5. The van der Waals surface area contributed by atoms with Crippen molar-refractivity contribution in [3.63, 3.8) is 0 Å². The summed E-state index contributed by atoms with van der Waals surface area (Å²) in [7, 11) is 0. The third kappa shape index (κ3) is 4.72. The van der Waals surface area contributed by atoms with Crippen LogP contribution in [0.2, 0.25) is 0 Å². The fourth-order valence-electron chi connectivity index (χ4n) is 4.80. The predicted molar refractivity (Wildman–Crippen MR) is 137 cm³/mol. The molecule has 0 aliphatic carbocycles. The fourth-order valence-corrected chi connectivity index (χ4v) is 4.80. The first-order chi connectivity index (χ1) is 17.0. The van der Waals surface area contributed by atoms with E-state index in [-0.39, 0.29) is 11.5 Å². The molecule has 0 aliphatic heterocycles. The number of nitrogens with one attached hydrogen (secondary N) is 1. The van der Waals surface area contributed by atoms with Gasteiger partial charge in [-0.25, -0.2) is 9.50 Å². The molecular formula is C28H29N5O2. The zero-order valence-electron chi connectivity index (χ0n) is 20.0. The van der Waals surface area contributed by atoms with E-state index in [9.17, 15) is 9.90 Å². The second-order valence-corrected chi connectivity index (χ2v) is 9.11. The van der Waals surface area contributed by atoms with Gasteiger partial charge in [-0.15, -0.1) is 0 Å². The normalized spacial score (nSPS) is 13.3. The lowest BCUT2D eigenvalue weighted by Gasteiger charge is -2.18. The van der Waals surface area contributed by atoms with Crippen LogP contribution in [0.3, 0.4) is 0 Å². The average molecular weight is 468 g/mol. The van der Waals surface area contributed by atoms with Gasteiger partial charge in [-0.05, 0) is 50.3 Å². The van der Waals surface area contributed by atoms with E-state index in [0.29, 0.717) is 29.3 Å². The van der Waals surface area contributed by atoms with Crippen LogP contribution < -0.4 is 5.56 Å². The Bertz CT molecular complexity index is 1520. The Morgan fingerprint density at radius 3 is 2.66 bits per heavy atom. The van der Waals surface area contributed by atoms with Gasteiger partial charge in [0, 0.05) is 23.9 Å². The maximum atomic E-state index is 13.0. The molecule has 0 aliphatic rings. The molecule has 7 heteroatoms. The molecule has 0 saturated heterocycles. The number of nitrogens with zero attached hydrogens (tertiary/aromatic N) is 4. The molecule has 3 heterocycles. The topological polar surface area (TPSA) is 96.2 Å². The molecule has 5 aromatic rings. The smallest absolute Gasteiger partial charge is 0.277 e. The number of aromatic amines is 1. The second-order valence-electron chi connectivity index (χ2n) is 9.11. The molecule has 0 radical (unpaired) electrons. The number of pyridine rings is 1. The van der Waals surface area contributed by atoms with Gasteiger partial charge in [0.2, 0.25) is 0 Å². The zero-order chi connectivity index (χ0) is 24.4. The van der Waals surface area contributed by atoms with E-state index in [2.05, 4.69) is 22.1 Å². The van der Waals surface area contributed by atoms with Crippen LogP contribution in [0, 0.1) is 6.92 Å². The minimum Gasteiger partial charge on any atom is -0.393 e. The lowest BCUT2D eigenvalue weighted by atomic mass is 9.94. The summed E-state index contributed by atoms with van der Waals surface area (Å²) < 4.78 is 1.64. The maximum Gasteiger partial charge on any atom is 0.277 e. The summed E-state index contributed by atoms with van der Waals surface area (Å²) >= 11 is 0. The highest BCUT2D eigenvalue weighted by atomic mass is 16.3. The van der Waals surface area contributed by atoms with Crippen molar-refractivity contribution in [3.8, 4) is 0 Å². The third-order valence-electron chi connectivity index (χ3n) is 6.56. The van der Waals surface area contributed by atoms with Crippen LogP contribution in [0.4, 0.5) is 0 Å². The molecule has 0 spiro atoms. The molecule has 0 fully saturated rings. The van der Waals surface area contributed by atoms with Crippen LogP contribution in [-0.4, -0.2) is 35.8 Å². The van der Waals surface area contributed by atoms with Crippen molar-refractivity contribution < 1.29 is 5.11 Å². The van der Waals surface area contributed by atoms with Crippen LogP contribution in [0.15, 0.2) is 71.7 Å². The van der Waals surface area contributed by atoms with Crippen molar-refractivity contribution in [3.05, 3.63) is 106 Å². The fraction of sp³-hybridized carbons (Fsp3) is 0.286. The minimum atomic E-state index is -0.623. The van der Waals surface area contributed by atoms with Crippen molar-refractivity contribution >= 4 is 16.4 Å². The van der Waals surface area contributed by atoms with E-state index < -0.39 is 6.10 Å². The van der Waals surface area contributed by atoms with Gasteiger partial charge >= 0.3 is 0 Å². The average Bonchev–Trinajstić information content (AvgIpc) is 3.18. The molecule has 2 unspecified atom stereocenters. The number of para-hydroxylation sites is 1. The molecule has 5 rings (SSSR count). The molecule has 0 saturated carbocycles. The van der Waals surface area contributed by atoms with Crippen molar-refractivity contribution in [1.82, 2.24) is 24.6 Å². The zero-order valence-corrected chi connectivity index (χ0v) is 20.0. The minimum absolute atomic E-state index is 0.229. The number of aromatic nitrogens is 5. The third-order valence-corrected chi connectivity index (χ3v) is 6.56. The van der Waals surface area contributed by atoms with Crippen molar-refractivity contribution in [2.45, 2.75) is 51.6 Å². The summed E-state index contributed by atoms with van der Waals surface area (Å²) in [5.74, 6) is 0.929. The molecule has 2 atom stereocenters. The van der Waals surface area contributed by atoms with Crippen LogP contribution in [-0.2, 0) is 12.8 Å². The maximum absolute atomic E-state index is 13.0. The van der Waals surface area contributed by atoms with Crippen LogP contribution in [0.1, 0.15) is 54.2 Å². The van der Waals surface area contributed by atoms with E-state index in [1.165, 1.54) is 5.56 Å². The lowest BCUT2D eigenvalue weighted by molar-refractivity contribution is 0.151. The van der Waals surface area contributed by atoms with E-state index >= 15 is 0 Å². The second kappa shape index (κ2) is 9.80. The van der Waals surface area contributed by atoms with Gasteiger partial charge in [-0.2, -0.15) is 5.10 Å². The number of aliphatic hydroxyl groups excluding tert-OH is 1. The van der Waals surface area contributed by atoms with Crippen LogP contribution in [0.5, 0.6) is 0 Å². The molecular weight excluding hydrogens is 438 g/mol. The van der Waals surface area contributed by atoms with Gasteiger partial charge in [0.25, 0.3) is 5.56 Å². The van der Waals surface area contributed by atoms with Crippen molar-refractivity contribution in [2.24, 2.45) is 0 Å². The van der Waals surface area contributed by atoms with Crippen LogP contribution in [0.25, 0.3) is 16.4 Å². The first-order valence-electron chi connectivity index (χ1n) is 12.0. The van der Waals surface area contributed by atoms with E-state index in [1.54, 1.807) is 17.6 Å². The number of hydrogen-bond acceptors (Lipinski definition) is 5. The molecule has 35 heavy (non-hydrogen) atoms. The standard InChI is InChI=1S/C28H29N5O2/c1-18-26-28(35)31-24(17-22-13-7-12-21-14-8-16-29-25(21)22)32-33(26)27(30-18)23(19(2)34)15-6-11-20-9-4-3-5-10-20/h3-5,7-10,12-14,16,19,23,34H,6,11,15,17H2,1-2H3,(H,31,32,35). The number of H-pyrrole nitrogens is 1. The summed E-state index contributed by atoms with van der Waals surface area (Å²) in [6.45, 7) is 3.59. The van der Waals surface area contributed by atoms with Crippen molar-refractivity contribution in [1.29, 1.82) is 0 Å². The van der Waals surface area contributed by atoms with Gasteiger partial charge < -0.3 is 10.1 Å². The van der Waals surface area contributed by atoms with E-state index in [0.717, 1.165) is 35.7 Å². The number of aliphatic hydroxyl groups is 1. The van der Waals surface area contributed by atoms with Gasteiger partial charge in [0.15, 0.2) is 5.52 Å². The Labute approximate surface area is 203 Å². The molecule has 2 aromatic carbocycles. The Hall–Kier alpha value is -3.84.